The number of hydrogen-bond acceptors (Lipinski definition) is 3. The number of benzene rings is 1. The van der Waals surface area contributed by atoms with Crippen molar-refractivity contribution in [3.05, 3.63) is 43.7 Å². The Morgan fingerprint density at radius 1 is 1.25 bits per heavy atom. The molecular weight excluding hydrogens is 407 g/mol. The fourth-order valence-corrected chi connectivity index (χ4v) is 2.91. The Labute approximate surface area is 140 Å². The van der Waals surface area contributed by atoms with Crippen LogP contribution in [0.5, 0.6) is 11.6 Å². The number of nitrogens with zero attached hydrogens (tertiary/aromatic N) is 2. The normalized spacial score (nSPS) is 10.7. The second-order valence-corrected chi connectivity index (χ2v) is 6.42. The minimum atomic E-state index is 0.437. The predicted molar refractivity (Wildman–Crippen MR) is 87.7 cm³/mol. The summed E-state index contributed by atoms with van der Waals surface area (Å²) in [5.74, 6) is 1.89. The fourth-order valence-electron chi connectivity index (χ4n) is 1.61. The quantitative estimate of drug-likeness (QED) is 0.595. The van der Waals surface area contributed by atoms with E-state index in [9.17, 15) is 0 Å². The smallest absolute Gasteiger partial charge is 0.227 e. The molecule has 0 amide bonds. The van der Waals surface area contributed by atoms with Crippen molar-refractivity contribution in [1.29, 1.82) is 0 Å². The molecule has 0 N–H and O–H groups in total. The molecule has 1 heterocycles. The van der Waals surface area contributed by atoms with E-state index in [0.717, 1.165) is 27.4 Å². The first-order valence-corrected chi connectivity index (χ1v) is 8.13. The largest absolute Gasteiger partial charge is 0.437 e. The summed E-state index contributed by atoms with van der Waals surface area (Å²) >= 11 is 13.0. The Balaban J connectivity index is 2.37. The van der Waals surface area contributed by atoms with Gasteiger partial charge in [0.1, 0.15) is 16.7 Å². The number of aromatic nitrogens is 2. The summed E-state index contributed by atoms with van der Waals surface area (Å²) in [6.07, 6.45) is 1.73. The Bertz CT molecular complexity index is 635. The molecule has 106 valence electrons. The van der Waals surface area contributed by atoms with Crippen LogP contribution in [0.3, 0.4) is 0 Å². The van der Waals surface area contributed by atoms with Gasteiger partial charge in [-0.25, -0.2) is 4.98 Å². The zero-order valence-corrected chi connectivity index (χ0v) is 15.0. The maximum atomic E-state index is 6.14. The summed E-state index contributed by atoms with van der Waals surface area (Å²) in [5.41, 5.74) is 0.737. The molecule has 0 atom stereocenters. The SMILES string of the molecule is CCCc1nc(Cl)c(C)c(Oc2ccc(Br)cc2Br)n1. The maximum Gasteiger partial charge on any atom is 0.227 e. The van der Waals surface area contributed by atoms with Gasteiger partial charge in [-0.05, 0) is 47.5 Å². The van der Waals surface area contributed by atoms with Crippen molar-refractivity contribution in [2.45, 2.75) is 26.7 Å². The minimum absolute atomic E-state index is 0.437. The first-order valence-electron chi connectivity index (χ1n) is 6.17. The molecule has 1 aromatic carbocycles. The number of ether oxygens (including phenoxy) is 1. The fraction of sp³-hybridized carbons (Fsp3) is 0.286. The number of aryl methyl sites for hydroxylation is 1. The van der Waals surface area contributed by atoms with Gasteiger partial charge in [-0.2, -0.15) is 4.98 Å². The van der Waals surface area contributed by atoms with E-state index in [2.05, 4.69) is 48.8 Å². The van der Waals surface area contributed by atoms with Crippen molar-refractivity contribution in [2.75, 3.05) is 0 Å². The van der Waals surface area contributed by atoms with Crippen LogP contribution in [-0.4, -0.2) is 9.97 Å². The number of rotatable bonds is 4. The lowest BCUT2D eigenvalue weighted by molar-refractivity contribution is 0.451. The molecule has 0 aliphatic carbocycles. The van der Waals surface area contributed by atoms with Crippen molar-refractivity contribution in [3.8, 4) is 11.6 Å². The van der Waals surface area contributed by atoms with E-state index < -0.39 is 0 Å². The van der Waals surface area contributed by atoms with Gasteiger partial charge in [0.05, 0.1) is 4.47 Å². The molecule has 0 radical (unpaired) electrons. The lowest BCUT2D eigenvalue weighted by Gasteiger charge is -2.11. The van der Waals surface area contributed by atoms with E-state index in [4.69, 9.17) is 16.3 Å². The van der Waals surface area contributed by atoms with E-state index in [0.29, 0.717) is 22.6 Å². The van der Waals surface area contributed by atoms with Gasteiger partial charge in [0.2, 0.25) is 5.88 Å². The Kier molecular flexibility index (Phi) is 5.41. The highest BCUT2D eigenvalue weighted by Gasteiger charge is 2.12. The first kappa shape index (κ1) is 15.7. The van der Waals surface area contributed by atoms with Crippen LogP contribution in [0.25, 0.3) is 0 Å². The second-order valence-electron chi connectivity index (χ2n) is 4.29. The molecule has 6 heteroatoms. The van der Waals surface area contributed by atoms with Crippen LogP contribution in [0, 0.1) is 6.92 Å². The van der Waals surface area contributed by atoms with Crippen LogP contribution >= 0.6 is 43.5 Å². The van der Waals surface area contributed by atoms with E-state index in [1.54, 1.807) is 0 Å². The van der Waals surface area contributed by atoms with Crippen LogP contribution in [0.15, 0.2) is 27.1 Å². The molecule has 1 aromatic heterocycles. The maximum absolute atomic E-state index is 6.14. The van der Waals surface area contributed by atoms with Crippen molar-refractivity contribution >= 4 is 43.5 Å². The molecule has 0 bridgehead atoms. The van der Waals surface area contributed by atoms with E-state index in [-0.39, 0.29) is 0 Å². The molecule has 3 nitrogen and oxygen atoms in total. The standard InChI is InChI=1S/C14H13Br2ClN2O/c1-3-4-12-18-13(17)8(2)14(19-12)20-11-6-5-9(15)7-10(11)16/h5-7H,3-4H2,1-2H3. The predicted octanol–water partition coefficient (Wildman–Crippen LogP) is 5.71. The van der Waals surface area contributed by atoms with E-state index in [1.165, 1.54) is 0 Å². The van der Waals surface area contributed by atoms with Gasteiger partial charge in [0.25, 0.3) is 0 Å². The van der Waals surface area contributed by atoms with Gasteiger partial charge in [-0.3, -0.25) is 0 Å². The molecule has 0 aliphatic heterocycles. The van der Waals surface area contributed by atoms with Gasteiger partial charge in [-0.15, -0.1) is 0 Å². The van der Waals surface area contributed by atoms with Crippen LogP contribution < -0.4 is 4.74 Å². The average molecular weight is 421 g/mol. The molecule has 2 aromatic rings. The van der Waals surface area contributed by atoms with Gasteiger partial charge in [0.15, 0.2) is 0 Å². The van der Waals surface area contributed by atoms with Crippen molar-refractivity contribution < 1.29 is 4.74 Å². The highest BCUT2D eigenvalue weighted by molar-refractivity contribution is 9.11. The van der Waals surface area contributed by atoms with Crippen LogP contribution in [0.4, 0.5) is 0 Å². The topological polar surface area (TPSA) is 35.0 Å². The lowest BCUT2D eigenvalue weighted by Crippen LogP contribution is -2.01. The summed E-state index contributed by atoms with van der Waals surface area (Å²) in [6.45, 7) is 3.92. The summed E-state index contributed by atoms with van der Waals surface area (Å²) < 4.78 is 7.68. The average Bonchev–Trinajstić information content (AvgIpc) is 2.39. The van der Waals surface area contributed by atoms with Crippen LogP contribution in [-0.2, 0) is 6.42 Å². The summed E-state index contributed by atoms with van der Waals surface area (Å²) in [5, 5.41) is 0.437. The van der Waals surface area contributed by atoms with Gasteiger partial charge in [-0.1, -0.05) is 34.5 Å². The Morgan fingerprint density at radius 3 is 2.65 bits per heavy atom. The summed E-state index contributed by atoms with van der Waals surface area (Å²) in [7, 11) is 0. The molecule has 0 saturated heterocycles. The summed E-state index contributed by atoms with van der Waals surface area (Å²) in [6, 6.07) is 5.69. The van der Waals surface area contributed by atoms with Gasteiger partial charge < -0.3 is 4.74 Å². The van der Waals surface area contributed by atoms with Crippen molar-refractivity contribution in [2.24, 2.45) is 0 Å². The molecule has 0 aliphatic rings. The molecule has 20 heavy (non-hydrogen) atoms. The minimum Gasteiger partial charge on any atom is -0.437 e. The van der Waals surface area contributed by atoms with Gasteiger partial charge in [0, 0.05) is 16.5 Å². The zero-order valence-electron chi connectivity index (χ0n) is 11.1. The summed E-state index contributed by atoms with van der Waals surface area (Å²) in [4.78, 5) is 8.69. The van der Waals surface area contributed by atoms with Crippen molar-refractivity contribution in [3.63, 3.8) is 0 Å². The monoisotopic (exact) mass is 418 g/mol. The number of hydrogen-bond donors (Lipinski definition) is 0. The molecule has 0 unspecified atom stereocenters. The third-order valence-electron chi connectivity index (χ3n) is 2.66. The zero-order chi connectivity index (χ0) is 14.7. The van der Waals surface area contributed by atoms with Crippen molar-refractivity contribution in [1.82, 2.24) is 9.97 Å². The van der Waals surface area contributed by atoms with Crippen LogP contribution in [0.2, 0.25) is 5.15 Å². The molecular formula is C14H13Br2ClN2O. The Hall–Kier alpha value is -0.650. The third-order valence-corrected chi connectivity index (χ3v) is 4.14. The molecule has 2 rings (SSSR count). The first-order chi connectivity index (χ1) is 9.51. The van der Waals surface area contributed by atoms with Crippen LogP contribution in [0.1, 0.15) is 24.7 Å². The highest BCUT2D eigenvalue weighted by atomic mass is 79.9. The van der Waals surface area contributed by atoms with Gasteiger partial charge >= 0.3 is 0 Å². The molecule has 0 spiro atoms. The second kappa shape index (κ2) is 6.87. The van der Waals surface area contributed by atoms with E-state index >= 15 is 0 Å². The van der Waals surface area contributed by atoms with E-state index in [1.807, 2.05) is 25.1 Å². The number of halogens is 3. The third kappa shape index (κ3) is 3.71. The molecule has 0 fully saturated rings. The molecule has 0 saturated carbocycles. The highest BCUT2D eigenvalue weighted by Crippen LogP contribution is 2.33. The Morgan fingerprint density at radius 2 is 2.00 bits per heavy atom. The lowest BCUT2D eigenvalue weighted by atomic mass is 10.3.